The van der Waals surface area contributed by atoms with Crippen molar-refractivity contribution >= 4 is 11.6 Å². The van der Waals surface area contributed by atoms with Crippen molar-refractivity contribution in [1.29, 1.82) is 0 Å². The van der Waals surface area contributed by atoms with Gasteiger partial charge in [0.15, 0.2) is 5.89 Å². The van der Waals surface area contributed by atoms with E-state index in [0.717, 1.165) is 18.0 Å². The van der Waals surface area contributed by atoms with Crippen molar-refractivity contribution in [3.63, 3.8) is 0 Å². The number of oxazole rings is 1. The molecule has 0 saturated carbocycles. The summed E-state index contributed by atoms with van der Waals surface area (Å²) in [7, 11) is 0. The van der Waals surface area contributed by atoms with Crippen LogP contribution in [0.4, 0.5) is 0 Å². The van der Waals surface area contributed by atoms with E-state index in [1.165, 1.54) is 0 Å². The quantitative estimate of drug-likeness (QED) is 0.593. The van der Waals surface area contributed by atoms with Crippen LogP contribution in [0.5, 0.6) is 0 Å². The number of aryl methyl sites for hydroxylation is 2. The summed E-state index contributed by atoms with van der Waals surface area (Å²) in [4.78, 5) is 4.05. The Morgan fingerprint density at radius 2 is 2.56 bits per heavy atom. The second-order valence-corrected chi connectivity index (χ2v) is 2.20. The summed E-state index contributed by atoms with van der Waals surface area (Å²) in [6.45, 7) is 1.89. The summed E-state index contributed by atoms with van der Waals surface area (Å²) in [5.74, 6) is 1.29. The van der Waals surface area contributed by atoms with Crippen molar-refractivity contribution in [2.75, 3.05) is 5.88 Å². The lowest BCUT2D eigenvalue weighted by molar-refractivity contribution is 0.502. The summed E-state index contributed by atoms with van der Waals surface area (Å²) in [5, 5.41) is 0. The molecule has 50 valence electrons. The maximum absolute atomic E-state index is 5.45. The molecule has 0 aromatic carbocycles. The van der Waals surface area contributed by atoms with Crippen LogP contribution in [-0.4, -0.2) is 10.9 Å². The molecule has 0 N–H and O–H groups in total. The Morgan fingerprint density at radius 1 is 1.78 bits per heavy atom. The normalized spacial score (nSPS) is 10.0. The van der Waals surface area contributed by atoms with Gasteiger partial charge in [0.05, 0.1) is 5.69 Å². The number of rotatable bonds is 2. The molecule has 0 aliphatic rings. The van der Waals surface area contributed by atoms with Crippen LogP contribution in [0.25, 0.3) is 0 Å². The number of halogens is 1. The van der Waals surface area contributed by atoms with Gasteiger partial charge in [-0.3, -0.25) is 0 Å². The molecule has 0 fully saturated rings. The minimum atomic E-state index is 0.569. The molecular weight excluding hydrogens is 138 g/mol. The van der Waals surface area contributed by atoms with Crippen LogP contribution in [0, 0.1) is 6.92 Å². The zero-order valence-electron chi connectivity index (χ0n) is 5.22. The predicted octanol–water partition coefficient (Wildman–Crippen LogP) is 1.76. The van der Waals surface area contributed by atoms with Gasteiger partial charge in [-0.25, -0.2) is 4.98 Å². The van der Waals surface area contributed by atoms with E-state index < -0.39 is 0 Å². The molecule has 0 aliphatic carbocycles. The average Bonchev–Trinajstić information content (AvgIpc) is 2.17. The summed E-state index contributed by atoms with van der Waals surface area (Å²) >= 11 is 5.45. The van der Waals surface area contributed by atoms with E-state index in [2.05, 4.69) is 4.98 Å². The second-order valence-electron chi connectivity index (χ2n) is 1.82. The standard InChI is InChI=1S/C6H8ClNO/c1-5-4-9-6(8-5)2-3-7/h4H,2-3H2,1H3. The number of hydrogen-bond acceptors (Lipinski definition) is 2. The van der Waals surface area contributed by atoms with Gasteiger partial charge in [0.25, 0.3) is 0 Å². The lowest BCUT2D eigenvalue weighted by atomic mass is 10.5. The molecule has 3 heteroatoms. The highest BCUT2D eigenvalue weighted by Crippen LogP contribution is 2.01. The summed E-state index contributed by atoms with van der Waals surface area (Å²) in [6.07, 6.45) is 2.34. The Hall–Kier alpha value is -0.500. The van der Waals surface area contributed by atoms with Gasteiger partial charge >= 0.3 is 0 Å². The van der Waals surface area contributed by atoms with E-state index in [1.807, 2.05) is 6.92 Å². The SMILES string of the molecule is Cc1coc(CCCl)n1. The van der Waals surface area contributed by atoms with Gasteiger partial charge in [-0.05, 0) is 6.92 Å². The molecule has 0 aliphatic heterocycles. The van der Waals surface area contributed by atoms with Crippen LogP contribution in [0.15, 0.2) is 10.7 Å². The monoisotopic (exact) mass is 145 g/mol. The van der Waals surface area contributed by atoms with Crippen molar-refractivity contribution in [3.8, 4) is 0 Å². The first-order valence-electron chi connectivity index (χ1n) is 2.80. The first-order valence-corrected chi connectivity index (χ1v) is 3.33. The molecule has 0 saturated heterocycles. The number of aromatic nitrogens is 1. The van der Waals surface area contributed by atoms with Gasteiger partial charge in [-0.2, -0.15) is 0 Å². The first-order chi connectivity index (χ1) is 4.33. The predicted molar refractivity (Wildman–Crippen MR) is 35.7 cm³/mol. The lowest BCUT2D eigenvalue weighted by Gasteiger charge is -1.83. The molecule has 0 bridgehead atoms. The van der Waals surface area contributed by atoms with Crippen LogP contribution in [0.1, 0.15) is 11.6 Å². The molecule has 0 spiro atoms. The van der Waals surface area contributed by atoms with E-state index in [0.29, 0.717) is 5.88 Å². The van der Waals surface area contributed by atoms with E-state index >= 15 is 0 Å². The Balaban J connectivity index is 2.61. The molecular formula is C6H8ClNO. The van der Waals surface area contributed by atoms with Crippen LogP contribution in [0.2, 0.25) is 0 Å². The fraction of sp³-hybridized carbons (Fsp3) is 0.500. The minimum absolute atomic E-state index is 0.569. The van der Waals surface area contributed by atoms with Crippen molar-refractivity contribution in [1.82, 2.24) is 4.98 Å². The van der Waals surface area contributed by atoms with Crippen LogP contribution < -0.4 is 0 Å². The highest BCUT2D eigenvalue weighted by molar-refractivity contribution is 6.17. The van der Waals surface area contributed by atoms with Gasteiger partial charge in [0.2, 0.25) is 0 Å². The Kier molecular flexibility index (Phi) is 2.11. The van der Waals surface area contributed by atoms with Crippen molar-refractivity contribution < 1.29 is 4.42 Å². The van der Waals surface area contributed by atoms with E-state index in [9.17, 15) is 0 Å². The molecule has 1 rings (SSSR count). The number of alkyl halides is 1. The van der Waals surface area contributed by atoms with Crippen LogP contribution in [0.3, 0.4) is 0 Å². The zero-order valence-corrected chi connectivity index (χ0v) is 5.98. The highest BCUT2D eigenvalue weighted by Gasteiger charge is 1.96. The third kappa shape index (κ3) is 1.72. The molecule has 1 aromatic rings. The van der Waals surface area contributed by atoms with Gasteiger partial charge < -0.3 is 4.42 Å². The fourth-order valence-corrected chi connectivity index (χ4v) is 0.760. The summed E-state index contributed by atoms with van der Waals surface area (Å²) < 4.78 is 5.01. The molecule has 0 unspecified atom stereocenters. The third-order valence-electron chi connectivity index (χ3n) is 0.975. The van der Waals surface area contributed by atoms with Crippen molar-refractivity contribution in [2.24, 2.45) is 0 Å². The van der Waals surface area contributed by atoms with Crippen molar-refractivity contribution in [2.45, 2.75) is 13.3 Å². The van der Waals surface area contributed by atoms with E-state index in [-0.39, 0.29) is 0 Å². The van der Waals surface area contributed by atoms with E-state index in [1.54, 1.807) is 6.26 Å². The Labute approximate surface area is 58.8 Å². The second kappa shape index (κ2) is 2.87. The third-order valence-corrected chi connectivity index (χ3v) is 1.16. The molecule has 0 atom stereocenters. The van der Waals surface area contributed by atoms with Gasteiger partial charge in [0, 0.05) is 12.3 Å². The van der Waals surface area contributed by atoms with E-state index in [4.69, 9.17) is 16.0 Å². The molecule has 1 heterocycles. The van der Waals surface area contributed by atoms with Crippen molar-refractivity contribution in [3.05, 3.63) is 17.8 Å². The van der Waals surface area contributed by atoms with Crippen LogP contribution in [-0.2, 0) is 6.42 Å². The maximum atomic E-state index is 5.45. The number of hydrogen-bond donors (Lipinski definition) is 0. The smallest absolute Gasteiger partial charge is 0.195 e. The summed E-state index contributed by atoms with van der Waals surface area (Å²) in [5.41, 5.74) is 0.912. The molecule has 0 radical (unpaired) electrons. The fourth-order valence-electron chi connectivity index (χ4n) is 0.598. The highest BCUT2D eigenvalue weighted by atomic mass is 35.5. The molecule has 2 nitrogen and oxygen atoms in total. The average molecular weight is 146 g/mol. The van der Waals surface area contributed by atoms with Gasteiger partial charge in [-0.1, -0.05) is 0 Å². The molecule has 1 aromatic heterocycles. The number of nitrogens with zero attached hydrogens (tertiary/aromatic N) is 1. The zero-order chi connectivity index (χ0) is 6.69. The molecule has 9 heavy (non-hydrogen) atoms. The van der Waals surface area contributed by atoms with Gasteiger partial charge in [0.1, 0.15) is 6.26 Å². The largest absolute Gasteiger partial charge is 0.449 e. The Bertz CT molecular complexity index is 185. The maximum Gasteiger partial charge on any atom is 0.195 e. The minimum Gasteiger partial charge on any atom is -0.449 e. The van der Waals surface area contributed by atoms with Gasteiger partial charge in [-0.15, -0.1) is 11.6 Å². The first kappa shape index (κ1) is 6.62. The lowest BCUT2D eigenvalue weighted by Crippen LogP contribution is -1.84. The topological polar surface area (TPSA) is 26.0 Å². The summed E-state index contributed by atoms with van der Waals surface area (Å²) in [6, 6.07) is 0. The van der Waals surface area contributed by atoms with Crippen LogP contribution >= 0.6 is 11.6 Å². The Morgan fingerprint density at radius 3 is 3.00 bits per heavy atom. The molecule has 0 amide bonds.